The lowest BCUT2D eigenvalue weighted by atomic mass is 9.69. The maximum atomic E-state index is 6.57. The van der Waals surface area contributed by atoms with Crippen LogP contribution in [-0.4, -0.2) is 15.0 Å². The fraction of sp³-hybridized carbons (Fsp3) is 0.0926. The highest BCUT2D eigenvalue weighted by atomic mass is 16.3. The summed E-state index contributed by atoms with van der Waals surface area (Å²) in [7, 11) is 0. The monoisotopic (exact) mass is 743 g/mol. The molecule has 9 aromatic rings. The van der Waals surface area contributed by atoms with E-state index in [9.17, 15) is 0 Å². The third kappa shape index (κ3) is 4.85. The van der Waals surface area contributed by atoms with Crippen molar-refractivity contribution in [1.82, 2.24) is 15.0 Å². The molecule has 274 valence electrons. The van der Waals surface area contributed by atoms with Crippen LogP contribution in [0.1, 0.15) is 47.9 Å². The lowest BCUT2D eigenvalue weighted by Gasteiger charge is -2.34. The minimum absolute atomic E-state index is 0.232. The zero-order chi connectivity index (χ0) is 38.5. The van der Waals surface area contributed by atoms with Gasteiger partial charge >= 0.3 is 0 Å². The maximum Gasteiger partial charge on any atom is 0.164 e. The normalized spacial score (nSPS) is 16.8. The van der Waals surface area contributed by atoms with E-state index in [-0.39, 0.29) is 5.41 Å². The van der Waals surface area contributed by atoms with Gasteiger partial charge < -0.3 is 4.42 Å². The SMILES string of the molecule is CC1(C)c2ccccc2-c2cccc(-c3nc(-c4ccccc4)nc(-c4cccc5oc6ccc(-c7ccc8c(c7)C7C=CC=CC7c7ccccc7-8)cc6c45)n3)c21. The molecule has 0 fully saturated rings. The van der Waals surface area contributed by atoms with Gasteiger partial charge in [-0.1, -0.05) is 166 Å². The molecule has 58 heavy (non-hydrogen) atoms. The summed E-state index contributed by atoms with van der Waals surface area (Å²) in [6.07, 6.45) is 9.09. The van der Waals surface area contributed by atoms with Gasteiger partial charge in [0.1, 0.15) is 11.2 Å². The summed E-state index contributed by atoms with van der Waals surface area (Å²) in [6, 6.07) is 54.1. The van der Waals surface area contributed by atoms with Crippen molar-refractivity contribution >= 4 is 21.9 Å². The minimum Gasteiger partial charge on any atom is -0.456 e. The summed E-state index contributed by atoms with van der Waals surface area (Å²) in [5, 5.41) is 2.03. The Bertz CT molecular complexity index is 3220. The van der Waals surface area contributed by atoms with Crippen LogP contribution >= 0.6 is 0 Å². The van der Waals surface area contributed by atoms with E-state index in [1.165, 1.54) is 50.1 Å². The lowest BCUT2D eigenvalue weighted by Crippen LogP contribution is -2.17. The molecule has 2 aromatic heterocycles. The van der Waals surface area contributed by atoms with E-state index < -0.39 is 0 Å². The van der Waals surface area contributed by atoms with Gasteiger partial charge in [0.2, 0.25) is 0 Å². The number of furan rings is 1. The van der Waals surface area contributed by atoms with Gasteiger partial charge in [0.15, 0.2) is 17.5 Å². The lowest BCUT2D eigenvalue weighted by molar-refractivity contribution is 0.661. The number of fused-ring (bicyclic) bond motifs is 12. The molecule has 0 spiro atoms. The van der Waals surface area contributed by atoms with E-state index in [0.29, 0.717) is 29.3 Å². The largest absolute Gasteiger partial charge is 0.456 e. The Balaban J connectivity index is 1.04. The average Bonchev–Trinajstić information content (AvgIpc) is 3.78. The Morgan fingerprint density at radius 1 is 0.448 bits per heavy atom. The molecule has 4 nitrogen and oxygen atoms in total. The predicted molar refractivity (Wildman–Crippen MR) is 236 cm³/mol. The third-order valence-corrected chi connectivity index (χ3v) is 12.7. The van der Waals surface area contributed by atoms with Gasteiger partial charge in [-0.05, 0) is 79.9 Å². The Labute approximate surface area is 336 Å². The number of rotatable bonds is 4. The molecule has 7 aromatic carbocycles. The van der Waals surface area contributed by atoms with Crippen molar-refractivity contribution < 1.29 is 4.42 Å². The number of aromatic nitrogens is 3. The highest BCUT2D eigenvalue weighted by Crippen LogP contribution is 2.53. The highest BCUT2D eigenvalue weighted by molar-refractivity contribution is 6.13. The van der Waals surface area contributed by atoms with Crippen LogP contribution in [0.5, 0.6) is 0 Å². The standard InChI is InChI=1S/C54H37N3O/c1-54(2)46-24-11-10-20-40(46)41-21-12-23-43(50(41)54)53-56-51(32-14-4-3-5-15-32)55-52(57-53)42-22-13-25-48-49(42)45-31-34(27-29-47(45)58-48)33-26-28-39-37-18-7-6-16-35(37)36-17-8-9-19-38(36)44(39)30-33/h3-31,36,38H,1-2H3. The molecule has 0 saturated carbocycles. The molecule has 0 amide bonds. The number of hydrogen-bond acceptors (Lipinski definition) is 4. The van der Waals surface area contributed by atoms with Gasteiger partial charge in [0, 0.05) is 44.7 Å². The molecule has 3 aliphatic carbocycles. The van der Waals surface area contributed by atoms with Crippen molar-refractivity contribution in [1.29, 1.82) is 0 Å². The van der Waals surface area contributed by atoms with Gasteiger partial charge in [-0.2, -0.15) is 0 Å². The van der Waals surface area contributed by atoms with Crippen molar-refractivity contribution in [3.63, 3.8) is 0 Å². The maximum absolute atomic E-state index is 6.57. The third-order valence-electron chi connectivity index (χ3n) is 12.7. The quantitative estimate of drug-likeness (QED) is 0.180. The second-order valence-electron chi connectivity index (χ2n) is 16.3. The molecule has 4 heteroatoms. The van der Waals surface area contributed by atoms with Crippen LogP contribution in [0.3, 0.4) is 0 Å². The molecule has 2 atom stereocenters. The smallest absolute Gasteiger partial charge is 0.164 e. The van der Waals surface area contributed by atoms with Crippen LogP contribution in [-0.2, 0) is 5.41 Å². The number of nitrogens with zero attached hydrogens (tertiary/aromatic N) is 3. The fourth-order valence-corrected chi connectivity index (χ4v) is 10.1. The summed E-state index contributed by atoms with van der Waals surface area (Å²) in [6.45, 7) is 4.61. The summed E-state index contributed by atoms with van der Waals surface area (Å²) in [5.41, 5.74) is 17.0. The van der Waals surface area contributed by atoms with Gasteiger partial charge in [0.05, 0.1) is 0 Å². The topological polar surface area (TPSA) is 51.8 Å². The van der Waals surface area contributed by atoms with E-state index in [2.05, 4.69) is 159 Å². The first kappa shape index (κ1) is 33.0. The highest BCUT2D eigenvalue weighted by Gasteiger charge is 2.38. The number of benzene rings is 7. The molecule has 3 aliphatic rings. The second-order valence-corrected chi connectivity index (χ2v) is 16.3. The second kappa shape index (κ2) is 12.4. The van der Waals surface area contributed by atoms with Crippen LogP contribution in [0.4, 0.5) is 0 Å². The van der Waals surface area contributed by atoms with Crippen molar-refractivity contribution in [2.24, 2.45) is 0 Å². The van der Waals surface area contributed by atoms with Gasteiger partial charge in [-0.15, -0.1) is 0 Å². The number of hydrogen-bond donors (Lipinski definition) is 0. The Morgan fingerprint density at radius 3 is 1.93 bits per heavy atom. The molecule has 0 N–H and O–H groups in total. The summed E-state index contributed by atoms with van der Waals surface area (Å²) < 4.78 is 6.57. The fourth-order valence-electron chi connectivity index (χ4n) is 10.1. The Hall–Kier alpha value is -7.17. The van der Waals surface area contributed by atoms with Gasteiger partial charge in [-0.25, -0.2) is 15.0 Å². The van der Waals surface area contributed by atoms with E-state index >= 15 is 0 Å². The molecular weight excluding hydrogens is 707 g/mol. The Morgan fingerprint density at radius 2 is 1.07 bits per heavy atom. The predicted octanol–water partition coefficient (Wildman–Crippen LogP) is 13.7. The summed E-state index contributed by atoms with van der Waals surface area (Å²) in [4.78, 5) is 15.8. The first-order valence-electron chi connectivity index (χ1n) is 20.1. The molecular formula is C54H37N3O. The van der Waals surface area contributed by atoms with Gasteiger partial charge in [-0.3, -0.25) is 0 Å². The molecule has 12 rings (SSSR count). The van der Waals surface area contributed by atoms with Crippen LogP contribution in [0.2, 0.25) is 0 Å². The first-order chi connectivity index (χ1) is 28.5. The zero-order valence-electron chi connectivity index (χ0n) is 32.1. The molecule has 0 saturated heterocycles. The van der Waals surface area contributed by atoms with Crippen molar-refractivity contribution in [3.8, 4) is 67.5 Å². The number of allylic oxidation sites excluding steroid dienone is 4. The van der Waals surface area contributed by atoms with Crippen molar-refractivity contribution in [2.75, 3.05) is 0 Å². The average molecular weight is 744 g/mol. The first-order valence-corrected chi connectivity index (χ1v) is 20.1. The zero-order valence-corrected chi connectivity index (χ0v) is 32.1. The van der Waals surface area contributed by atoms with Crippen LogP contribution in [0.15, 0.2) is 180 Å². The van der Waals surface area contributed by atoms with Crippen LogP contribution in [0.25, 0.3) is 89.5 Å². The molecule has 2 heterocycles. The summed E-state index contributed by atoms with van der Waals surface area (Å²) >= 11 is 0. The van der Waals surface area contributed by atoms with E-state index in [4.69, 9.17) is 19.4 Å². The molecule has 0 radical (unpaired) electrons. The molecule has 2 unspecified atom stereocenters. The Kier molecular flexibility index (Phi) is 7.07. The van der Waals surface area contributed by atoms with E-state index in [1.807, 2.05) is 30.3 Å². The van der Waals surface area contributed by atoms with Crippen LogP contribution in [0, 0.1) is 0 Å². The minimum atomic E-state index is -0.232. The van der Waals surface area contributed by atoms with Gasteiger partial charge in [0.25, 0.3) is 0 Å². The summed E-state index contributed by atoms with van der Waals surface area (Å²) in [5.74, 6) is 2.54. The molecule has 0 bridgehead atoms. The van der Waals surface area contributed by atoms with E-state index in [0.717, 1.165) is 44.2 Å². The van der Waals surface area contributed by atoms with E-state index in [1.54, 1.807) is 0 Å². The van der Waals surface area contributed by atoms with Crippen LogP contribution < -0.4 is 0 Å². The van der Waals surface area contributed by atoms with Crippen molar-refractivity contribution in [2.45, 2.75) is 31.1 Å². The molecule has 0 aliphatic heterocycles. The van der Waals surface area contributed by atoms with Crippen molar-refractivity contribution in [3.05, 3.63) is 198 Å².